The summed E-state index contributed by atoms with van der Waals surface area (Å²) in [6.07, 6.45) is 3.03. The topological polar surface area (TPSA) is 75.4 Å². The summed E-state index contributed by atoms with van der Waals surface area (Å²) >= 11 is 4.59. The Morgan fingerprint density at radius 3 is 2.50 bits per heavy atom. The normalized spacial score (nSPS) is 9.62. The van der Waals surface area contributed by atoms with Gasteiger partial charge in [0.05, 0.1) is 11.5 Å². The minimum Gasteiger partial charge on any atom is -0.392 e. The third kappa shape index (κ3) is 6.34. The summed E-state index contributed by atoms with van der Waals surface area (Å²) in [6.45, 7) is 2.73. The molecule has 0 aromatic carbocycles. The zero-order valence-electron chi connectivity index (χ0n) is 9.78. The van der Waals surface area contributed by atoms with Crippen molar-refractivity contribution >= 4 is 29.0 Å². The highest BCUT2D eigenvalue weighted by Gasteiger charge is 2.17. The minimum absolute atomic E-state index is 0.0582. The molecule has 0 atom stereocenters. The Morgan fingerprint density at radius 2 is 2.00 bits per heavy atom. The Labute approximate surface area is 101 Å². The van der Waals surface area contributed by atoms with Gasteiger partial charge in [0.15, 0.2) is 0 Å². The molecular weight excluding hydrogens is 226 g/mol. The predicted octanol–water partition coefficient (Wildman–Crippen LogP) is 0.0373. The summed E-state index contributed by atoms with van der Waals surface area (Å²) in [4.78, 5) is 24.4. The molecule has 0 fully saturated rings. The summed E-state index contributed by atoms with van der Waals surface area (Å²) in [5.74, 6) is -1.21. The number of carbonyl (C=O) groups excluding carboxylic acids is 2. The first-order chi connectivity index (χ1) is 7.49. The maximum absolute atomic E-state index is 11.5. The summed E-state index contributed by atoms with van der Waals surface area (Å²) in [7, 11) is 1.61. The highest BCUT2D eigenvalue weighted by molar-refractivity contribution is 7.80. The lowest BCUT2D eigenvalue weighted by molar-refractivity contribution is -0.144. The molecule has 3 N–H and O–H groups in total. The molecule has 16 heavy (non-hydrogen) atoms. The van der Waals surface area contributed by atoms with E-state index in [9.17, 15) is 9.59 Å². The summed E-state index contributed by atoms with van der Waals surface area (Å²) in [6, 6.07) is 0. The van der Waals surface area contributed by atoms with E-state index in [-0.39, 0.29) is 11.5 Å². The van der Waals surface area contributed by atoms with Crippen molar-refractivity contribution in [3.05, 3.63) is 0 Å². The van der Waals surface area contributed by atoms with Crippen LogP contribution in [0.5, 0.6) is 0 Å². The van der Waals surface area contributed by atoms with Gasteiger partial charge in [-0.3, -0.25) is 9.59 Å². The van der Waals surface area contributed by atoms with Gasteiger partial charge in [-0.2, -0.15) is 0 Å². The van der Waals surface area contributed by atoms with Gasteiger partial charge < -0.3 is 16.0 Å². The lowest BCUT2D eigenvalue weighted by atomic mass is 10.2. The van der Waals surface area contributed by atoms with Gasteiger partial charge in [0.1, 0.15) is 0 Å². The first-order valence-electron chi connectivity index (χ1n) is 5.30. The van der Waals surface area contributed by atoms with E-state index in [0.717, 1.165) is 19.3 Å². The fourth-order valence-corrected chi connectivity index (χ4v) is 1.19. The molecule has 0 rings (SSSR count). The number of rotatable bonds is 6. The molecule has 0 aliphatic carbocycles. The van der Waals surface area contributed by atoms with E-state index in [1.165, 1.54) is 4.90 Å². The number of unbranched alkanes of at least 4 members (excludes halogenated alkanes) is 2. The van der Waals surface area contributed by atoms with Crippen LogP contribution >= 0.6 is 12.2 Å². The van der Waals surface area contributed by atoms with Crippen LogP contribution in [0.2, 0.25) is 0 Å². The molecule has 2 amide bonds. The summed E-state index contributed by atoms with van der Waals surface area (Å²) in [5.41, 5.74) is 5.21. The second-order valence-electron chi connectivity index (χ2n) is 3.58. The highest BCUT2D eigenvalue weighted by Crippen LogP contribution is 1.96. The second kappa shape index (κ2) is 8.04. The van der Waals surface area contributed by atoms with Crippen LogP contribution in [0.4, 0.5) is 0 Å². The fraction of sp³-hybridized carbons (Fsp3) is 0.700. The lowest BCUT2D eigenvalue weighted by Crippen LogP contribution is -2.43. The smallest absolute Gasteiger partial charge is 0.311 e. The average molecular weight is 245 g/mol. The van der Waals surface area contributed by atoms with Crippen molar-refractivity contribution in [3.8, 4) is 0 Å². The van der Waals surface area contributed by atoms with Crippen LogP contribution in [0.15, 0.2) is 0 Å². The molecule has 0 aromatic rings. The number of thiocarbonyl (C=S) groups is 1. The molecule has 6 heteroatoms. The number of amides is 2. The molecule has 92 valence electrons. The van der Waals surface area contributed by atoms with Gasteiger partial charge in [0.25, 0.3) is 0 Å². The Hall–Kier alpha value is -1.17. The lowest BCUT2D eigenvalue weighted by Gasteiger charge is -2.16. The van der Waals surface area contributed by atoms with E-state index >= 15 is 0 Å². The molecule has 0 aromatic heterocycles. The Bertz CT molecular complexity index is 269. The van der Waals surface area contributed by atoms with Crippen LogP contribution in [0.25, 0.3) is 0 Å². The minimum atomic E-state index is -0.660. The van der Waals surface area contributed by atoms with E-state index in [2.05, 4.69) is 24.5 Å². The number of hydrogen-bond donors (Lipinski definition) is 2. The molecule has 0 heterocycles. The highest BCUT2D eigenvalue weighted by atomic mass is 32.1. The van der Waals surface area contributed by atoms with Gasteiger partial charge in [-0.05, 0) is 6.42 Å². The molecule has 0 radical (unpaired) electrons. The molecule has 0 saturated heterocycles. The Balaban J connectivity index is 3.92. The first-order valence-corrected chi connectivity index (χ1v) is 5.71. The third-order valence-electron chi connectivity index (χ3n) is 2.06. The monoisotopic (exact) mass is 245 g/mol. The SMILES string of the molecule is CCCCCN(C)C(=O)C(=O)NCC(N)=S. The van der Waals surface area contributed by atoms with Crippen molar-refractivity contribution in [2.45, 2.75) is 26.2 Å². The number of nitrogens with zero attached hydrogens (tertiary/aromatic N) is 1. The van der Waals surface area contributed by atoms with Crippen molar-refractivity contribution in [2.24, 2.45) is 5.73 Å². The van der Waals surface area contributed by atoms with E-state index in [1.54, 1.807) is 7.05 Å². The number of likely N-dealkylation sites (N-methyl/N-ethyl adjacent to an activating group) is 1. The first kappa shape index (κ1) is 14.8. The van der Waals surface area contributed by atoms with Crippen LogP contribution in [0.1, 0.15) is 26.2 Å². The number of hydrogen-bond acceptors (Lipinski definition) is 3. The maximum atomic E-state index is 11.5. The molecule has 0 bridgehead atoms. The summed E-state index contributed by atoms with van der Waals surface area (Å²) < 4.78 is 0. The molecule has 0 aliphatic rings. The zero-order valence-corrected chi connectivity index (χ0v) is 10.6. The van der Waals surface area contributed by atoms with E-state index < -0.39 is 11.8 Å². The van der Waals surface area contributed by atoms with E-state index in [4.69, 9.17) is 5.73 Å². The van der Waals surface area contributed by atoms with Gasteiger partial charge >= 0.3 is 11.8 Å². The van der Waals surface area contributed by atoms with Gasteiger partial charge in [0.2, 0.25) is 0 Å². The second-order valence-corrected chi connectivity index (χ2v) is 4.11. The van der Waals surface area contributed by atoms with Gasteiger partial charge in [-0.1, -0.05) is 32.0 Å². The van der Waals surface area contributed by atoms with Crippen molar-refractivity contribution in [2.75, 3.05) is 20.1 Å². The molecule has 5 nitrogen and oxygen atoms in total. The predicted molar refractivity (Wildman–Crippen MR) is 67.0 cm³/mol. The van der Waals surface area contributed by atoms with Crippen molar-refractivity contribution in [1.82, 2.24) is 10.2 Å². The zero-order chi connectivity index (χ0) is 12.6. The van der Waals surface area contributed by atoms with Crippen LogP contribution in [0.3, 0.4) is 0 Å². The Kier molecular flexibility index (Phi) is 7.45. The third-order valence-corrected chi connectivity index (χ3v) is 2.21. The van der Waals surface area contributed by atoms with Gasteiger partial charge in [-0.15, -0.1) is 0 Å². The fourth-order valence-electron chi connectivity index (χ4n) is 1.12. The van der Waals surface area contributed by atoms with Crippen molar-refractivity contribution in [3.63, 3.8) is 0 Å². The van der Waals surface area contributed by atoms with Crippen LogP contribution in [0, 0.1) is 0 Å². The van der Waals surface area contributed by atoms with E-state index in [1.807, 2.05) is 0 Å². The average Bonchev–Trinajstić information content (AvgIpc) is 2.24. The van der Waals surface area contributed by atoms with Crippen LogP contribution in [-0.4, -0.2) is 41.8 Å². The van der Waals surface area contributed by atoms with Gasteiger partial charge in [-0.25, -0.2) is 0 Å². The molecule has 0 saturated carbocycles. The number of carbonyl (C=O) groups is 2. The number of nitrogens with two attached hydrogens (primary N) is 1. The van der Waals surface area contributed by atoms with Gasteiger partial charge in [0, 0.05) is 13.6 Å². The largest absolute Gasteiger partial charge is 0.392 e. The molecule has 0 unspecified atom stereocenters. The van der Waals surface area contributed by atoms with Crippen LogP contribution in [-0.2, 0) is 9.59 Å². The standard InChI is InChI=1S/C10H19N3O2S/c1-3-4-5-6-13(2)10(15)9(14)12-7-8(11)16/h3-7H2,1-2H3,(H2,11,16)(H,12,14). The quantitative estimate of drug-likeness (QED) is 0.393. The maximum Gasteiger partial charge on any atom is 0.311 e. The van der Waals surface area contributed by atoms with Crippen molar-refractivity contribution < 1.29 is 9.59 Å². The Morgan fingerprint density at radius 1 is 1.38 bits per heavy atom. The van der Waals surface area contributed by atoms with Crippen LogP contribution < -0.4 is 11.1 Å². The van der Waals surface area contributed by atoms with E-state index in [0.29, 0.717) is 6.54 Å². The molecule has 0 aliphatic heterocycles. The van der Waals surface area contributed by atoms with Crippen molar-refractivity contribution in [1.29, 1.82) is 0 Å². The molecular formula is C10H19N3O2S. The molecule has 0 spiro atoms. The number of nitrogens with one attached hydrogen (secondary N) is 1. The summed E-state index contributed by atoms with van der Waals surface area (Å²) in [5, 5.41) is 2.36.